The molecule has 2 aliphatic carbocycles. The molecule has 0 bridgehead atoms. The van der Waals surface area contributed by atoms with E-state index in [0.717, 1.165) is 50.5 Å². The van der Waals surface area contributed by atoms with Crippen molar-refractivity contribution in [2.75, 3.05) is 26.5 Å². The molecular formula is C33H46N2O7S. The second kappa shape index (κ2) is 15.6. The van der Waals surface area contributed by atoms with E-state index in [1.165, 1.54) is 12.1 Å². The summed E-state index contributed by atoms with van der Waals surface area (Å²) < 4.78 is 39.2. The minimum atomic E-state index is -3.71. The molecule has 3 N–H and O–H groups in total. The molecule has 0 heterocycles. The van der Waals surface area contributed by atoms with Gasteiger partial charge in [0.25, 0.3) is 5.91 Å². The lowest BCUT2D eigenvalue weighted by molar-refractivity contribution is -0.127. The van der Waals surface area contributed by atoms with E-state index in [4.69, 9.17) is 9.47 Å². The number of hydrogen-bond acceptors (Lipinski definition) is 7. The molecule has 236 valence electrons. The van der Waals surface area contributed by atoms with Crippen LogP contribution in [0, 0.1) is 11.8 Å². The standard InChI is InChI=1S/C33H46N2O7S/c1-41-26-16-12-23(13-17-26)20-31(43(39,40)22-24-8-4-3-5-9-24)29(21-34-33(38)28-10-6-7-11-30(28)36)35-32(37)25-14-18-27(42-2)19-15-25/h6-7,10-13,16-17,24-25,27,29,31,36H,3-5,8-9,14-15,18-22H2,1-2H3,(H,34,38)(H,35,37). The van der Waals surface area contributed by atoms with Gasteiger partial charge in [-0.3, -0.25) is 9.59 Å². The molecule has 0 radical (unpaired) electrons. The number of carbonyl (C=O) groups excluding carboxylic acids is 2. The van der Waals surface area contributed by atoms with Crippen LogP contribution in [0.15, 0.2) is 48.5 Å². The van der Waals surface area contributed by atoms with Crippen molar-refractivity contribution in [1.29, 1.82) is 0 Å². The van der Waals surface area contributed by atoms with Crippen molar-refractivity contribution in [1.82, 2.24) is 10.6 Å². The predicted molar refractivity (Wildman–Crippen MR) is 166 cm³/mol. The zero-order valence-electron chi connectivity index (χ0n) is 25.3. The lowest BCUT2D eigenvalue weighted by Gasteiger charge is -2.33. The minimum Gasteiger partial charge on any atom is -0.507 e. The lowest BCUT2D eigenvalue weighted by atomic mass is 9.86. The molecule has 2 amide bonds. The van der Waals surface area contributed by atoms with Crippen molar-refractivity contribution in [3.05, 3.63) is 59.7 Å². The number of nitrogens with one attached hydrogen (secondary N) is 2. The molecule has 0 aromatic heterocycles. The van der Waals surface area contributed by atoms with Crippen LogP contribution in [-0.2, 0) is 25.8 Å². The molecule has 2 aliphatic rings. The third kappa shape index (κ3) is 9.19. The molecule has 0 aliphatic heterocycles. The third-order valence-corrected chi connectivity index (χ3v) is 11.4. The largest absolute Gasteiger partial charge is 0.507 e. The number of para-hydroxylation sites is 1. The van der Waals surface area contributed by atoms with Gasteiger partial charge < -0.3 is 25.2 Å². The van der Waals surface area contributed by atoms with Crippen LogP contribution >= 0.6 is 0 Å². The van der Waals surface area contributed by atoms with Crippen molar-refractivity contribution in [2.45, 2.75) is 81.6 Å². The third-order valence-electron chi connectivity index (χ3n) is 9.04. The van der Waals surface area contributed by atoms with Crippen molar-refractivity contribution in [3.8, 4) is 11.5 Å². The van der Waals surface area contributed by atoms with Crippen LogP contribution in [0.25, 0.3) is 0 Å². The molecule has 2 atom stereocenters. The Balaban J connectivity index is 1.62. The molecule has 43 heavy (non-hydrogen) atoms. The van der Waals surface area contributed by atoms with Crippen molar-refractivity contribution >= 4 is 21.7 Å². The Kier molecular flexibility index (Phi) is 11.9. The van der Waals surface area contributed by atoms with Gasteiger partial charge in [0, 0.05) is 19.6 Å². The first-order chi connectivity index (χ1) is 20.7. The van der Waals surface area contributed by atoms with Gasteiger partial charge in [0.15, 0.2) is 9.84 Å². The second-order valence-electron chi connectivity index (χ2n) is 12.0. The number of phenolic OH excluding ortho intramolecular Hbond substituents is 1. The van der Waals surface area contributed by atoms with Gasteiger partial charge in [-0.05, 0) is 80.7 Å². The number of amides is 2. The Morgan fingerprint density at radius 2 is 1.60 bits per heavy atom. The Labute approximate surface area is 255 Å². The highest BCUT2D eigenvalue weighted by Crippen LogP contribution is 2.29. The van der Waals surface area contributed by atoms with Crippen molar-refractivity contribution < 1.29 is 32.6 Å². The summed E-state index contributed by atoms with van der Waals surface area (Å²) in [6, 6.07) is 12.6. The van der Waals surface area contributed by atoms with Gasteiger partial charge in [-0.15, -0.1) is 0 Å². The zero-order valence-corrected chi connectivity index (χ0v) is 26.1. The van der Waals surface area contributed by atoms with Crippen LogP contribution in [-0.4, -0.2) is 69.3 Å². The number of sulfone groups is 1. The lowest BCUT2D eigenvalue weighted by Crippen LogP contribution is -2.55. The first-order valence-corrected chi connectivity index (χ1v) is 17.2. The van der Waals surface area contributed by atoms with Crippen LogP contribution in [0.1, 0.15) is 73.7 Å². The number of phenols is 1. The smallest absolute Gasteiger partial charge is 0.255 e. The van der Waals surface area contributed by atoms with E-state index in [9.17, 15) is 23.1 Å². The summed E-state index contributed by atoms with van der Waals surface area (Å²) in [4.78, 5) is 26.7. The number of rotatable bonds is 13. The Morgan fingerprint density at radius 3 is 2.23 bits per heavy atom. The second-order valence-corrected chi connectivity index (χ2v) is 14.2. The molecule has 0 saturated heterocycles. The highest BCUT2D eigenvalue weighted by atomic mass is 32.2. The summed E-state index contributed by atoms with van der Waals surface area (Å²) in [5, 5.41) is 15.1. The summed E-state index contributed by atoms with van der Waals surface area (Å²) in [5.41, 5.74) is 0.882. The summed E-state index contributed by atoms with van der Waals surface area (Å²) in [6.45, 7) is -0.100. The minimum absolute atomic E-state index is 0.0482. The van der Waals surface area contributed by atoms with Crippen molar-refractivity contribution in [2.24, 2.45) is 11.8 Å². The maximum Gasteiger partial charge on any atom is 0.255 e. The number of ether oxygens (including phenoxy) is 2. The summed E-state index contributed by atoms with van der Waals surface area (Å²) in [7, 11) is -0.461. The summed E-state index contributed by atoms with van der Waals surface area (Å²) in [6.07, 6.45) is 8.03. The Hall–Kier alpha value is -3.11. The van der Waals surface area contributed by atoms with Gasteiger partial charge in [0.05, 0.1) is 35.8 Å². The van der Waals surface area contributed by atoms with Gasteiger partial charge in [-0.25, -0.2) is 8.42 Å². The highest BCUT2D eigenvalue weighted by molar-refractivity contribution is 7.92. The quantitative estimate of drug-likeness (QED) is 0.304. The monoisotopic (exact) mass is 614 g/mol. The topological polar surface area (TPSA) is 131 Å². The fourth-order valence-electron chi connectivity index (χ4n) is 6.42. The molecular weight excluding hydrogens is 568 g/mol. The maximum absolute atomic E-state index is 14.2. The number of hydrogen-bond donors (Lipinski definition) is 3. The molecule has 2 fully saturated rings. The van der Waals surface area contributed by atoms with Gasteiger partial charge in [0.1, 0.15) is 11.5 Å². The van der Waals surface area contributed by atoms with Crippen molar-refractivity contribution in [3.63, 3.8) is 0 Å². The fourth-order valence-corrected chi connectivity index (χ4v) is 8.77. The maximum atomic E-state index is 14.2. The van der Waals surface area contributed by atoms with Gasteiger partial charge in [-0.2, -0.15) is 0 Å². The normalized spacial score (nSPS) is 21.0. The van der Waals surface area contributed by atoms with Crippen LogP contribution in [0.5, 0.6) is 11.5 Å². The highest BCUT2D eigenvalue weighted by Gasteiger charge is 2.38. The average Bonchev–Trinajstić information content (AvgIpc) is 3.02. The zero-order chi connectivity index (χ0) is 30.8. The van der Waals surface area contributed by atoms with E-state index in [0.29, 0.717) is 18.6 Å². The Morgan fingerprint density at radius 1 is 0.930 bits per heavy atom. The van der Waals surface area contributed by atoms with Crippen LogP contribution < -0.4 is 15.4 Å². The molecule has 2 unspecified atom stereocenters. The molecule has 4 rings (SSSR count). The molecule has 2 saturated carbocycles. The predicted octanol–water partition coefficient (Wildman–Crippen LogP) is 4.43. The Bertz CT molecular complexity index is 1300. The molecule has 2 aromatic rings. The first-order valence-electron chi connectivity index (χ1n) is 15.4. The SMILES string of the molecule is COc1ccc(CC(C(CNC(=O)c2ccccc2O)NC(=O)C2CCC(OC)CC2)S(=O)(=O)CC2CCCCC2)cc1. The van der Waals surface area contributed by atoms with Crippen LogP contribution in [0.2, 0.25) is 0 Å². The first kappa shape index (κ1) is 32.8. The summed E-state index contributed by atoms with van der Waals surface area (Å²) in [5.74, 6) is -0.382. The van der Waals surface area contributed by atoms with E-state index in [1.54, 1.807) is 38.5 Å². The summed E-state index contributed by atoms with van der Waals surface area (Å²) >= 11 is 0. The number of benzene rings is 2. The van der Waals surface area contributed by atoms with E-state index >= 15 is 0 Å². The van der Waals surface area contributed by atoms with Gasteiger partial charge in [0.2, 0.25) is 5.91 Å². The molecule has 9 nitrogen and oxygen atoms in total. The molecule has 2 aromatic carbocycles. The number of aromatic hydroxyl groups is 1. The number of carbonyl (C=O) groups is 2. The molecule has 0 spiro atoms. The van der Waals surface area contributed by atoms with E-state index < -0.39 is 27.0 Å². The average molecular weight is 615 g/mol. The number of methoxy groups -OCH3 is 2. The van der Waals surface area contributed by atoms with Gasteiger partial charge >= 0.3 is 0 Å². The van der Waals surface area contributed by atoms with Gasteiger partial charge in [-0.1, -0.05) is 43.5 Å². The molecule has 10 heteroatoms. The van der Waals surface area contributed by atoms with Crippen LogP contribution in [0.3, 0.4) is 0 Å². The fraction of sp³-hybridized carbons (Fsp3) is 0.576. The van der Waals surface area contributed by atoms with E-state index in [2.05, 4.69) is 10.6 Å². The van der Waals surface area contributed by atoms with E-state index in [-0.39, 0.29) is 53.9 Å². The van der Waals surface area contributed by atoms with Crippen LogP contribution in [0.4, 0.5) is 0 Å². The van der Waals surface area contributed by atoms with E-state index in [1.807, 2.05) is 12.1 Å².